The van der Waals surface area contributed by atoms with Crippen molar-refractivity contribution in [1.29, 1.82) is 0 Å². The number of nitro groups is 1. The second-order valence-corrected chi connectivity index (χ2v) is 15.2. The number of halogens is 3. The molecule has 3 aliphatic rings. The predicted octanol–water partition coefficient (Wildman–Crippen LogP) is 5.23. The van der Waals surface area contributed by atoms with Crippen molar-refractivity contribution in [3.63, 3.8) is 0 Å². The molecular weight excluding hydrogens is 823 g/mol. The number of fused-ring (bicyclic) bond motifs is 3. The molecule has 6 atom stereocenters. The van der Waals surface area contributed by atoms with Gasteiger partial charge in [0.25, 0.3) is 5.69 Å². The Labute approximate surface area is 339 Å². The minimum absolute atomic E-state index is 0.0718. The lowest BCUT2D eigenvalue weighted by Gasteiger charge is -2.44. The molecule has 0 bridgehead atoms. The fourth-order valence-corrected chi connectivity index (χ4v) is 8.07. The highest BCUT2D eigenvalue weighted by molar-refractivity contribution is 7.14. The van der Waals surface area contributed by atoms with Crippen LogP contribution in [0.2, 0.25) is 0 Å². The van der Waals surface area contributed by atoms with E-state index >= 15 is 0 Å². The highest BCUT2D eigenvalue weighted by atomic mass is 32.1. The number of phenolic OH excluding ortho intramolecular Hbond substituents is 2. The lowest BCUT2D eigenvalue weighted by molar-refractivity contribution is -0.384. The van der Waals surface area contributed by atoms with Crippen molar-refractivity contribution in [2.45, 2.75) is 68.6 Å². The van der Waals surface area contributed by atoms with Gasteiger partial charge in [0.2, 0.25) is 0 Å². The van der Waals surface area contributed by atoms with Gasteiger partial charge in [0, 0.05) is 53.6 Å². The molecule has 1 aliphatic heterocycles. The molecule has 2 amide bonds. The molecule has 5 N–H and O–H groups in total. The van der Waals surface area contributed by atoms with Gasteiger partial charge in [0.1, 0.15) is 29.8 Å². The molecule has 60 heavy (non-hydrogen) atoms. The van der Waals surface area contributed by atoms with E-state index in [2.05, 4.69) is 5.32 Å². The average molecular weight is 856 g/mol. The molecule has 1 unspecified atom stereocenters. The smallest absolute Gasteiger partial charge is 0.471 e. The van der Waals surface area contributed by atoms with Crippen LogP contribution in [0.15, 0.2) is 66.0 Å². The van der Waals surface area contributed by atoms with Crippen molar-refractivity contribution in [3.8, 4) is 11.5 Å². The van der Waals surface area contributed by atoms with Crippen LogP contribution < -0.4 is 10.6 Å². The van der Waals surface area contributed by atoms with E-state index in [9.17, 15) is 62.6 Å². The number of nitrogens with one attached hydrogen (secondary N) is 2. The number of nitrogens with zero attached hydrogens (tertiary/aromatic N) is 1. The summed E-state index contributed by atoms with van der Waals surface area (Å²) < 4.78 is 63.7. The van der Waals surface area contributed by atoms with E-state index in [-0.39, 0.29) is 33.5 Å². The van der Waals surface area contributed by atoms with Gasteiger partial charge in [-0.3, -0.25) is 29.8 Å². The maximum absolute atomic E-state index is 13.8. The third kappa shape index (κ3) is 8.11. The first-order valence-electron chi connectivity index (χ1n) is 18.0. The van der Waals surface area contributed by atoms with E-state index < -0.39 is 125 Å². The van der Waals surface area contributed by atoms with Crippen molar-refractivity contribution in [1.82, 2.24) is 5.32 Å². The van der Waals surface area contributed by atoms with Gasteiger partial charge >= 0.3 is 24.1 Å². The number of anilines is 1. The number of thiophene rings is 1. The summed E-state index contributed by atoms with van der Waals surface area (Å²) in [5.41, 5.74) is -4.58. The third-order valence-electron chi connectivity index (χ3n) is 10.2. The first-order chi connectivity index (χ1) is 28.3. The summed E-state index contributed by atoms with van der Waals surface area (Å²) in [6.07, 6.45) is -14.4. The van der Waals surface area contributed by atoms with Crippen LogP contribution in [-0.2, 0) is 30.2 Å². The van der Waals surface area contributed by atoms with Crippen LogP contribution in [0.1, 0.15) is 79.2 Å². The SMILES string of the molecule is C[C@H]1O[C@@H](O[C@H]2CC(O)(COC(=O)Nc3cccs3)Cc3c(O)c4c(c(O)c32)C(=O)c2ccccc2C4=O)C[C@H](NC(=O)C(F)(F)F)[C@H]1OC(=O)c1ccc([N+](=O)[O-])cc1. The summed E-state index contributed by atoms with van der Waals surface area (Å²) in [7, 11) is 0. The molecule has 7 rings (SSSR count). The first kappa shape index (κ1) is 41.7. The monoisotopic (exact) mass is 855 g/mol. The van der Waals surface area contributed by atoms with E-state index in [0.717, 1.165) is 24.3 Å². The Kier molecular flexibility index (Phi) is 11.1. The van der Waals surface area contributed by atoms with Gasteiger partial charge < -0.3 is 39.6 Å². The molecule has 1 fully saturated rings. The summed E-state index contributed by atoms with van der Waals surface area (Å²) in [6.45, 7) is 0.520. The van der Waals surface area contributed by atoms with Gasteiger partial charge in [-0.25, -0.2) is 9.59 Å². The minimum atomic E-state index is -5.40. The van der Waals surface area contributed by atoms with Crippen LogP contribution in [0.5, 0.6) is 11.5 Å². The zero-order valence-corrected chi connectivity index (χ0v) is 31.7. The molecule has 21 heteroatoms. The molecule has 314 valence electrons. The lowest BCUT2D eigenvalue weighted by atomic mass is 9.73. The number of carbonyl (C=O) groups is 5. The Morgan fingerprint density at radius 1 is 1.00 bits per heavy atom. The van der Waals surface area contributed by atoms with Gasteiger partial charge in [0.05, 0.1) is 44.9 Å². The molecule has 0 saturated carbocycles. The Morgan fingerprint density at radius 3 is 2.25 bits per heavy atom. The van der Waals surface area contributed by atoms with E-state index in [1.807, 2.05) is 0 Å². The van der Waals surface area contributed by atoms with Crippen molar-refractivity contribution in [2.75, 3.05) is 11.9 Å². The number of hydrogen-bond acceptors (Lipinski definition) is 15. The number of ketones is 2. The molecule has 2 heterocycles. The molecule has 0 radical (unpaired) electrons. The first-order valence-corrected chi connectivity index (χ1v) is 18.9. The molecule has 4 aromatic rings. The summed E-state index contributed by atoms with van der Waals surface area (Å²) in [5.74, 6) is -6.81. The summed E-state index contributed by atoms with van der Waals surface area (Å²) in [4.78, 5) is 75.9. The molecular formula is C39H32F3N3O14S. The molecule has 0 spiro atoms. The number of rotatable bonds is 9. The number of hydrogen-bond donors (Lipinski definition) is 5. The molecule has 1 aromatic heterocycles. The van der Waals surface area contributed by atoms with Crippen LogP contribution in [-0.4, -0.2) is 92.7 Å². The normalized spacial score (nSPS) is 23.4. The number of benzene rings is 3. The number of nitro benzene ring substituents is 1. The highest BCUT2D eigenvalue weighted by Crippen LogP contribution is 2.52. The zero-order valence-electron chi connectivity index (χ0n) is 30.9. The Morgan fingerprint density at radius 2 is 1.65 bits per heavy atom. The van der Waals surface area contributed by atoms with Crippen molar-refractivity contribution >= 4 is 51.6 Å². The van der Waals surface area contributed by atoms with E-state index in [4.69, 9.17) is 18.9 Å². The topological polar surface area (TPSA) is 250 Å². The van der Waals surface area contributed by atoms with Gasteiger partial charge in [-0.1, -0.05) is 24.3 Å². The van der Waals surface area contributed by atoms with Crippen LogP contribution in [0, 0.1) is 10.1 Å². The van der Waals surface area contributed by atoms with Gasteiger partial charge in [-0.05, 0) is 36.6 Å². The number of aromatic hydroxyl groups is 2. The maximum Gasteiger partial charge on any atom is 0.471 e. The van der Waals surface area contributed by atoms with Crippen LogP contribution in [0.3, 0.4) is 0 Å². The lowest BCUT2D eigenvalue weighted by Crippen LogP contribution is -2.58. The van der Waals surface area contributed by atoms with Gasteiger partial charge in [-0.15, -0.1) is 11.3 Å². The van der Waals surface area contributed by atoms with Crippen molar-refractivity contribution < 1.29 is 76.3 Å². The third-order valence-corrected chi connectivity index (χ3v) is 11.0. The second kappa shape index (κ2) is 16.0. The van der Waals surface area contributed by atoms with Crippen molar-refractivity contribution in [3.05, 3.63) is 115 Å². The quantitative estimate of drug-likeness (QED) is 0.0551. The fraction of sp³-hybridized carbons (Fsp3) is 0.308. The number of aliphatic hydroxyl groups is 1. The zero-order chi connectivity index (χ0) is 43.3. The van der Waals surface area contributed by atoms with Gasteiger partial charge in [0.15, 0.2) is 17.9 Å². The van der Waals surface area contributed by atoms with E-state index in [0.29, 0.717) is 5.00 Å². The summed E-state index contributed by atoms with van der Waals surface area (Å²) in [6, 6.07) is 11.3. The number of esters is 1. The van der Waals surface area contributed by atoms with E-state index in [1.54, 1.807) is 22.8 Å². The molecule has 17 nitrogen and oxygen atoms in total. The molecule has 3 aromatic carbocycles. The Bertz CT molecular complexity index is 2410. The second-order valence-electron chi connectivity index (χ2n) is 14.2. The van der Waals surface area contributed by atoms with E-state index in [1.165, 1.54) is 42.5 Å². The molecule has 2 aliphatic carbocycles. The number of carbonyl (C=O) groups excluding carboxylic acids is 5. The molecule has 1 saturated heterocycles. The predicted molar refractivity (Wildman–Crippen MR) is 199 cm³/mol. The van der Waals surface area contributed by atoms with Crippen LogP contribution in [0.25, 0.3) is 0 Å². The largest absolute Gasteiger partial charge is 0.507 e. The number of amides is 2. The van der Waals surface area contributed by atoms with Crippen LogP contribution >= 0.6 is 11.3 Å². The standard InChI is InChI=1S/C39H32F3N3O14S/c1-17-34(59-35(50)18-8-10-19(11-9-18)45(54)55)23(43-36(51)39(40,41)42)13-26(57-17)58-24-15-38(53,16-56-37(52)44-25-7-4-12-60-25)14-22-27(24)33(49)29-28(32(22)48)30(46)20-5-2-3-6-21(20)31(29)47/h2-12,17,23-24,26,34,48-49,53H,13-16H2,1H3,(H,43,51)(H,44,52)/t17-,23+,24+,26+,34+,38?/m1/s1. The maximum atomic E-state index is 13.8. The number of non-ortho nitro benzene ring substituents is 1. The van der Waals surface area contributed by atoms with Crippen LogP contribution in [0.4, 0.5) is 28.7 Å². The Hall–Kier alpha value is -6.42. The number of alkyl halides is 3. The summed E-state index contributed by atoms with van der Waals surface area (Å²) >= 11 is 1.18. The average Bonchev–Trinajstić information content (AvgIpc) is 3.71. The fourth-order valence-electron chi connectivity index (χ4n) is 7.46. The Balaban J connectivity index is 1.22. The summed E-state index contributed by atoms with van der Waals surface area (Å²) in [5, 5.41) is 52.9. The minimum Gasteiger partial charge on any atom is -0.507 e. The number of phenols is 2. The van der Waals surface area contributed by atoms with Gasteiger partial charge in [-0.2, -0.15) is 13.2 Å². The highest BCUT2D eigenvalue weighted by Gasteiger charge is 2.50. The number of ether oxygens (including phenoxy) is 4. The van der Waals surface area contributed by atoms with Crippen molar-refractivity contribution in [2.24, 2.45) is 0 Å².